The van der Waals surface area contributed by atoms with Gasteiger partial charge in [0.25, 0.3) is 0 Å². The summed E-state index contributed by atoms with van der Waals surface area (Å²) in [7, 11) is -2.92. The van der Waals surface area contributed by atoms with Crippen molar-refractivity contribution >= 4 is 19.3 Å². The Kier molecular flexibility index (Phi) is 4.93. The summed E-state index contributed by atoms with van der Waals surface area (Å²) in [5.41, 5.74) is 5.05. The number of aliphatic carboxylic acids is 1. The Morgan fingerprint density at radius 1 is 1.57 bits per heavy atom. The maximum atomic E-state index is 11.0. The molecule has 0 rings (SSSR count). The summed E-state index contributed by atoms with van der Waals surface area (Å²) in [5.74, 6) is -2.05. The van der Waals surface area contributed by atoms with E-state index in [0.717, 1.165) is 7.11 Å². The van der Waals surface area contributed by atoms with Crippen LogP contribution in [0.5, 0.6) is 0 Å². The number of carboxylic acids is 1. The number of rotatable bonds is 6. The summed E-state index contributed by atoms with van der Waals surface area (Å²) >= 11 is 0. The number of carbonyl (C=O) groups excluding carboxylic acids is 1. The zero-order chi connectivity index (χ0) is 11.4. The molecule has 14 heavy (non-hydrogen) atoms. The minimum atomic E-state index is -3.91. The van der Waals surface area contributed by atoms with Crippen molar-refractivity contribution in [3.05, 3.63) is 0 Å². The van der Waals surface area contributed by atoms with Gasteiger partial charge in [0.2, 0.25) is 0 Å². The highest BCUT2D eigenvalue weighted by atomic mass is 31.2. The van der Waals surface area contributed by atoms with Gasteiger partial charge in [-0.2, -0.15) is 0 Å². The number of carbonyl (C=O) groups is 2. The number of hydrogen-bond acceptors (Lipinski definition) is 5. The van der Waals surface area contributed by atoms with E-state index in [-0.39, 0.29) is 0 Å². The molecule has 0 bridgehead atoms. The summed E-state index contributed by atoms with van der Waals surface area (Å²) in [4.78, 5) is 30.1. The molecule has 0 fully saturated rings. The van der Waals surface area contributed by atoms with E-state index in [9.17, 15) is 14.2 Å². The number of ketones is 1. The summed E-state index contributed by atoms with van der Waals surface area (Å²) in [5, 5.41) is 8.35. The molecular weight excluding hydrogens is 213 g/mol. The minimum absolute atomic E-state index is 0.483. The van der Waals surface area contributed by atoms with Gasteiger partial charge in [-0.1, -0.05) is 0 Å². The van der Waals surface area contributed by atoms with Gasteiger partial charge in [-0.05, 0) is 0 Å². The van der Waals surface area contributed by atoms with Crippen LogP contribution in [0.25, 0.3) is 0 Å². The molecule has 0 radical (unpaired) electrons. The lowest BCUT2D eigenvalue weighted by molar-refractivity contribution is -0.140. The van der Waals surface area contributed by atoms with Crippen LogP contribution in [0.4, 0.5) is 0 Å². The van der Waals surface area contributed by atoms with Crippen LogP contribution in [-0.2, 0) is 18.7 Å². The Labute approximate surface area is 80.4 Å². The zero-order valence-corrected chi connectivity index (χ0v) is 8.44. The van der Waals surface area contributed by atoms with Gasteiger partial charge >= 0.3 is 13.6 Å². The standard InChI is InChI=1S/C6H12NO6P/c1-13-14(11,12)3-4(8)2-5(7)6(9)10/h5H,2-3,7H2,1H3,(H,9,10)(H,11,12)/t5-/m0/s1. The molecule has 0 spiro atoms. The molecule has 0 aromatic heterocycles. The predicted molar refractivity (Wildman–Crippen MR) is 46.9 cm³/mol. The molecule has 0 saturated heterocycles. The third kappa shape index (κ3) is 5.08. The molecule has 4 N–H and O–H groups in total. The summed E-state index contributed by atoms with van der Waals surface area (Å²) in [6.45, 7) is 0. The molecule has 0 saturated carbocycles. The molecular formula is C6H12NO6P. The SMILES string of the molecule is COP(=O)(O)CC(=O)C[C@H](N)C(=O)O. The number of nitrogens with two attached hydrogens (primary N) is 1. The topological polar surface area (TPSA) is 127 Å². The highest BCUT2D eigenvalue weighted by molar-refractivity contribution is 7.53. The largest absolute Gasteiger partial charge is 0.480 e. The molecule has 2 atom stereocenters. The van der Waals surface area contributed by atoms with E-state index >= 15 is 0 Å². The summed E-state index contributed by atoms with van der Waals surface area (Å²) in [6.07, 6.45) is -1.20. The van der Waals surface area contributed by atoms with Crippen molar-refractivity contribution in [3.8, 4) is 0 Å². The number of hydrogen-bond donors (Lipinski definition) is 3. The maximum absolute atomic E-state index is 11.0. The average Bonchev–Trinajstić information content (AvgIpc) is 2.02. The van der Waals surface area contributed by atoms with Crippen LogP contribution < -0.4 is 5.73 Å². The van der Waals surface area contributed by atoms with E-state index in [4.69, 9.17) is 15.7 Å². The quantitative estimate of drug-likeness (QED) is 0.504. The molecule has 0 amide bonds. The van der Waals surface area contributed by atoms with Gasteiger partial charge < -0.3 is 20.3 Å². The second kappa shape index (κ2) is 5.21. The van der Waals surface area contributed by atoms with Gasteiger partial charge in [-0.25, -0.2) is 0 Å². The highest BCUT2D eigenvalue weighted by Gasteiger charge is 2.25. The van der Waals surface area contributed by atoms with Crippen molar-refractivity contribution in [1.29, 1.82) is 0 Å². The Balaban J connectivity index is 4.12. The van der Waals surface area contributed by atoms with Crippen LogP contribution in [0, 0.1) is 0 Å². The van der Waals surface area contributed by atoms with Gasteiger partial charge in [0, 0.05) is 13.5 Å². The Bertz CT molecular complexity index is 277. The Hall–Kier alpha value is -0.750. The molecule has 0 aliphatic rings. The highest BCUT2D eigenvalue weighted by Crippen LogP contribution is 2.40. The third-order valence-electron chi connectivity index (χ3n) is 1.43. The summed E-state index contributed by atoms with van der Waals surface area (Å²) in [6, 6.07) is -1.35. The van der Waals surface area contributed by atoms with E-state index in [0.29, 0.717) is 0 Å². The van der Waals surface area contributed by atoms with E-state index < -0.39 is 38.0 Å². The Morgan fingerprint density at radius 2 is 2.07 bits per heavy atom. The fraction of sp³-hybridized carbons (Fsp3) is 0.667. The third-order valence-corrected chi connectivity index (χ3v) is 2.75. The minimum Gasteiger partial charge on any atom is -0.480 e. The normalized spacial score (nSPS) is 17.1. The van der Waals surface area contributed by atoms with Crippen LogP contribution in [-0.4, -0.2) is 41.1 Å². The van der Waals surface area contributed by atoms with Crippen LogP contribution in [0.2, 0.25) is 0 Å². The fourth-order valence-corrected chi connectivity index (χ4v) is 1.39. The van der Waals surface area contributed by atoms with E-state index in [1.165, 1.54) is 0 Å². The summed E-state index contributed by atoms with van der Waals surface area (Å²) < 4.78 is 15.0. The lowest BCUT2D eigenvalue weighted by Gasteiger charge is -2.09. The molecule has 8 heteroatoms. The molecule has 0 heterocycles. The van der Waals surface area contributed by atoms with Gasteiger partial charge in [-0.3, -0.25) is 14.2 Å². The molecule has 7 nitrogen and oxygen atoms in total. The van der Waals surface area contributed by atoms with Crippen LogP contribution in [0.15, 0.2) is 0 Å². The lowest BCUT2D eigenvalue weighted by atomic mass is 10.2. The molecule has 0 aromatic rings. The van der Waals surface area contributed by atoms with E-state index in [1.54, 1.807) is 0 Å². The van der Waals surface area contributed by atoms with Crippen LogP contribution in [0.1, 0.15) is 6.42 Å². The van der Waals surface area contributed by atoms with E-state index in [1.807, 2.05) is 0 Å². The average molecular weight is 225 g/mol. The molecule has 0 aromatic carbocycles. The predicted octanol–water partition coefficient (Wildman–Crippen LogP) is -0.811. The maximum Gasteiger partial charge on any atom is 0.335 e. The Morgan fingerprint density at radius 3 is 2.43 bits per heavy atom. The molecule has 0 aliphatic carbocycles. The van der Waals surface area contributed by atoms with Crippen molar-refractivity contribution in [2.75, 3.05) is 13.3 Å². The van der Waals surface area contributed by atoms with Crippen LogP contribution >= 0.6 is 7.60 Å². The second-order valence-electron chi connectivity index (χ2n) is 2.67. The second-order valence-corrected chi connectivity index (χ2v) is 4.62. The van der Waals surface area contributed by atoms with Gasteiger partial charge in [-0.15, -0.1) is 0 Å². The monoisotopic (exact) mass is 225 g/mol. The van der Waals surface area contributed by atoms with E-state index in [2.05, 4.69) is 4.52 Å². The van der Waals surface area contributed by atoms with Gasteiger partial charge in [0.15, 0.2) is 0 Å². The number of carboxylic acid groups (broad SMARTS) is 1. The lowest BCUT2D eigenvalue weighted by Crippen LogP contribution is -2.33. The molecule has 82 valence electrons. The fourth-order valence-electron chi connectivity index (χ4n) is 0.685. The first-order valence-electron chi connectivity index (χ1n) is 3.66. The van der Waals surface area contributed by atoms with Crippen LogP contribution in [0.3, 0.4) is 0 Å². The first kappa shape index (κ1) is 13.2. The van der Waals surface area contributed by atoms with Gasteiger partial charge in [0.1, 0.15) is 18.0 Å². The first-order chi connectivity index (χ1) is 6.28. The molecule has 1 unspecified atom stereocenters. The van der Waals surface area contributed by atoms with Crippen molar-refractivity contribution < 1.29 is 28.7 Å². The van der Waals surface area contributed by atoms with Crippen molar-refractivity contribution in [2.45, 2.75) is 12.5 Å². The number of Topliss-reactive ketones (excluding diaryl/α,β-unsaturated/α-hetero) is 1. The van der Waals surface area contributed by atoms with Crippen molar-refractivity contribution in [2.24, 2.45) is 5.73 Å². The zero-order valence-electron chi connectivity index (χ0n) is 7.54. The molecule has 0 aliphatic heterocycles. The smallest absolute Gasteiger partial charge is 0.335 e. The van der Waals surface area contributed by atoms with Crippen molar-refractivity contribution in [1.82, 2.24) is 0 Å². The van der Waals surface area contributed by atoms with Gasteiger partial charge in [0.05, 0.1) is 0 Å². The van der Waals surface area contributed by atoms with Crippen molar-refractivity contribution in [3.63, 3.8) is 0 Å². The first-order valence-corrected chi connectivity index (χ1v) is 5.42.